The summed E-state index contributed by atoms with van der Waals surface area (Å²) < 4.78 is 7.47. The average Bonchev–Trinajstić information content (AvgIpc) is 2.73. The maximum atomic E-state index is 6.02. The molecule has 0 saturated carbocycles. The minimum absolute atomic E-state index is 0.751. The van der Waals surface area contributed by atoms with Crippen molar-refractivity contribution in [1.29, 1.82) is 0 Å². The van der Waals surface area contributed by atoms with Crippen LogP contribution in [0, 0.1) is 0 Å². The van der Waals surface area contributed by atoms with Gasteiger partial charge in [-0.3, -0.25) is 4.90 Å². The number of imidazole rings is 1. The molecule has 0 spiro atoms. The fourth-order valence-electron chi connectivity index (χ4n) is 2.10. The summed E-state index contributed by atoms with van der Waals surface area (Å²) >= 11 is 6.02. The predicted octanol–water partition coefficient (Wildman–Crippen LogP) is 1.98. The van der Waals surface area contributed by atoms with E-state index in [9.17, 15) is 0 Å². The molecule has 0 bridgehead atoms. The number of hydrogen-bond acceptors (Lipinski definition) is 3. The predicted molar refractivity (Wildman–Crippen MR) is 67.1 cm³/mol. The standard InChI is InChI=1S/C12H14ClN3O/c13-10-1-2-11-12(7-10)16(8-14-11)9-15-3-5-17-6-4-15/h1-2,7-8H,3-6,9H2. The summed E-state index contributed by atoms with van der Waals surface area (Å²) in [5.41, 5.74) is 2.08. The van der Waals surface area contributed by atoms with Crippen molar-refractivity contribution in [3.63, 3.8) is 0 Å². The van der Waals surface area contributed by atoms with Crippen LogP contribution in [0.3, 0.4) is 0 Å². The maximum absolute atomic E-state index is 6.02. The molecule has 2 aromatic rings. The number of benzene rings is 1. The Bertz CT molecular complexity index is 519. The molecule has 0 N–H and O–H groups in total. The highest BCUT2D eigenvalue weighted by atomic mass is 35.5. The molecule has 0 radical (unpaired) electrons. The van der Waals surface area contributed by atoms with Crippen LogP contribution in [0.5, 0.6) is 0 Å². The highest BCUT2D eigenvalue weighted by Crippen LogP contribution is 2.18. The second-order valence-electron chi connectivity index (χ2n) is 4.22. The molecule has 90 valence electrons. The minimum Gasteiger partial charge on any atom is -0.379 e. The molecule has 3 rings (SSSR count). The van der Waals surface area contributed by atoms with Crippen LogP contribution >= 0.6 is 11.6 Å². The van der Waals surface area contributed by atoms with Gasteiger partial charge in [-0.05, 0) is 18.2 Å². The molecule has 2 heterocycles. The third-order valence-corrected chi connectivity index (χ3v) is 3.27. The van der Waals surface area contributed by atoms with Gasteiger partial charge in [-0.2, -0.15) is 0 Å². The van der Waals surface area contributed by atoms with Crippen molar-refractivity contribution in [2.24, 2.45) is 0 Å². The quantitative estimate of drug-likeness (QED) is 0.818. The number of hydrogen-bond donors (Lipinski definition) is 0. The normalized spacial score (nSPS) is 17.7. The summed E-state index contributed by atoms with van der Waals surface area (Å²) in [5.74, 6) is 0. The molecule has 0 atom stereocenters. The van der Waals surface area contributed by atoms with Crippen molar-refractivity contribution in [2.75, 3.05) is 26.3 Å². The largest absolute Gasteiger partial charge is 0.379 e. The van der Waals surface area contributed by atoms with Gasteiger partial charge in [0.15, 0.2) is 0 Å². The smallest absolute Gasteiger partial charge is 0.0969 e. The van der Waals surface area contributed by atoms with Gasteiger partial charge < -0.3 is 9.30 Å². The molecular weight excluding hydrogens is 238 g/mol. The van der Waals surface area contributed by atoms with Crippen molar-refractivity contribution in [2.45, 2.75) is 6.67 Å². The van der Waals surface area contributed by atoms with E-state index in [0.717, 1.165) is 49.0 Å². The molecule has 0 unspecified atom stereocenters. The Hall–Kier alpha value is -1.10. The van der Waals surface area contributed by atoms with Crippen LogP contribution in [-0.4, -0.2) is 40.8 Å². The van der Waals surface area contributed by atoms with E-state index >= 15 is 0 Å². The number of fused-ring (bicyclic) bond motifs is 1. The van der Waals surface area contributed by atoms with E-state index in [2.05, 4.69) is 14.5 Å². The summed E-state index contributed by atoms with van der Waals surface area (Å²) in [4.78, 5) is 6.72. The first-order valence-corrected chi connectivity index (χ1v) is 6.11. The number of ether oxygens (including phenoxy) is 1. The zero-order valence-corrected chi connectivity index (χ0v) is 10.2. The van der Waals surface area contributed by atoms with Gasteiger partial charge in [-0.1, -0.05) is 11.6 Å². The van der Waals surface area contributed by atoms with Gasteiger partial charge in [0.05, 0.1) is 37.2 Å². The van der Waals surface area contributed by atoms with Crippen LogP contribution in [0.25, 0.3) is 11.0 Å². The highest BCUT2D eigenvalue weighted by Gasteiger charge is 2.12. The zero-order chi connectivity index (χ0) is 11.7. The first-order chi connectivity index (χ1) is 8.33. The van der Waals surface area contributed by atoms with Crippen LogP contribution in [0.4, 0.5) is 0 Å². The highest BCUT2D eigenvalue weighted by molar-refractivity contribution is 6.31. The van der Waals surface area contributed by atoms with E-state index in [-0.39, 0.29) is 0 Å². The fourth-order valence-corrected chi connectivity index (χ4v) is 2.27. The lowest BCUT2D eigenvalue weighted by Gasteiger charge is -2.26. The molecule has 0 amide bonds. The van der Waals surface area contributed by atoms with Crippen LogP contribution in [0.15, 0.2) is 24.5 Å². The number of aromatic nitrogens is 2. The summed E-state index contributed by atoms with van der Waals surface area (Å²) in [6.45, 7) is 4.42. The second kappa shape index (κ2) is 4.64. The molecule has 5 heteroatoms. The van der Waals surface area contributed by atoms with Crippen LogP contribution in [0.2, 0.25) is 5.02 Å². The number of nitrogens with zero attached hydrogens (tertiary/aromatic N) is 3. The first kappa shape index (κ1) is 11.0. The van der Waals surface area contributed by atoms with Crippen molar-refractivity contribution in [3.05, 3.63) is 29.5 Å². The number of halogens is 1. The fraction of sp³-hybridized carbons (Fsp3) is 0.417. The average molecular weight is 252 g/mol. The molecule has 1 aromatic heterocycles. The van der Waals surface area contributed by atoms with Crippen molar-refractivity contribution in [1.82, 2.24) is 14.5 Å². The summed E-state index contributed by atoms with van der Waals surface area (Å²) in [7, 11) is 0. The Morgan fingerprint density at radius 3 is 2.94 bits per heavy atom. The molecule has 0 aliphatic carbocycles. The lowest BCUT2D eigenvalue weighted by atomic mass is 10.3. The molecule has 1 aliphatic rings. The Morgan fingerprint density at radius 1 is 1.29 bits per heavy atom. The zero-order valence-electron chi connectivity index (χ0n) is 9.47. The van der Waals surface area contributed by atoms with E-state index in [1.54, 1.807) is 0 Å². The topological polar surface area (TPSA) is 30.3 Å². The van der Waals surface area contributed by atoms with Gasteiger partial charge in [-0.15, -0.1) is 0 Å². The van der Waals surface area contributed by atoms with E-state index in [1.807, 2.05) is 24.5 Å². The van der Waals surface area contributed by atoms with Crippen molar-refractivity contribution < 1.29 is 4.74 Å². The van der Waals surface area contributed by atoms with Crippen LogP contribution in [0.1, 0.15) is 0 Å². The molecule has 17 heavy (non-hydrogen) atoms. The van der Waals surface area contributed by atoms with Crippen molar-refractivity contribution in [3.8, 4) is 0 Å². The summed E-state index contributed by atoms with van der Waals surface area (Å²) in [5, 5.41) is 0.751. The molecule has 1 aliphatic heterocycles. The maximum Gasteiger partial charge on any atom is 0.0969 e. The van der Waals surface area contributed by atoms with Gasteiger partial charge in [0.25, 0.3) is 0 Å². The van der Waals surface area contributed by atoms with Gasteiger partial charge in [0, 0.05) is 18.1 Å². The van der Waals surface area contributed by atoms with Gasteiger partial charge in [0.2, 0.25) is 0 Å². The lowest BCUT2D eigenvalue weighted by Crippen LogP contribution is -2.37. The third-order valence-electron chi connectivity index (χ3n) is 3.04. The van der Waals surface area contributed by atoms with Crippen LogP contribution < -0.4 is 0 Å². The molecule has 1 saturated heterocycles. The van der Waals surface area contributed by atoms with Crippen molar-refractivity contribution >= 4 is 22.6 Å². The molecular formula is C12H14ClN3O. The van der Waals surface area contributed by atoms with Gasteiger partial charge in [0.1, 0.15) is 0 Å². The summed E-state index contributed by atoms with van der Waals surface area (Å²) in [6, 6.07) is 5.79. The second-order valence-corrected chi connectivity index (χ2v) is 4.66. The number of morpholine rings is 1. The SMILES string of the molecule is Clc1ccc2ncn(CN3CCOCC3)c2c1. The third kappa shape index (κ3) is 2.29. The Labute approximate surface area is 105 Å². The van der Waals surface area contributed by atoms with E-state index in [1.165, 1.54) is 0 Å². The minimum atomic E-state index is 0.751. The Morgan fingerprint density at radius 2 is 2.12 bits per heavy atom. The Balaban J connectivity index is 1.86. The van der Waals surface area contributed by atoms with E-state index in [0.29, 0.717) is 0 Å². The molecule has 1 fully saturated rings. The number of rotatable bonds is 2. The summed E-state index contributed by atoms with van der Waals surface area (Å²) in [6.07, 6.45) is 1.87. The lowest BCUT2D eigenvalue weighted by molar-refractivity contribution is 0.0241. The van der Waals surface area contributed by atoms with E-state index < -0.39 is 0 Å². The van der Waals surface area contributed by atoms with Gasteiger partial charge in [-0.25, -0.2) is 4.98 Å². The van der Waals surface area contributed by atoms with E-state index in [4.69, 9.17) is 16.3 Å². The van der Waals surface area contributed by atoms with Crippen LogP contribution in [-0.2, 0) is 11.4 Å². The first-order valence-electron chi connectivity index (χ1n) is 5.73. The molecule has 4 nitrogen and oxygen atoms in total. The Kier molecular flexibility index (Phi) is 3.01. The van der Waals surface area contributed by atoms with Gasteiger partial charge >= 0.3 is 0 Å². The molecule has 1 aromatic carbocycles. The monoisotopic (exact) mass is 251 g/mol.